The highest BCUT2D eigenvalue weighted by atomic mass is 35.5. The van der Waals surface area contributed by atoms with Gasteiger partial charge in [-0.05, 0) is 55.2 Å². The summed E-state index contributed by atoms with van der Waals surface area (Å²) in [6.07, 6.45) is 1.78. The Morgan fingerprint density at radius 2 is 1.86 bits per heavy atom. The molecule has 3 heterocycles. The summed E-state index contributed by atoms with van der Waals surface area (Å²) in [6.45, 7) is 5.39. The van der Waals surface area contributed by atoms with Crippen LogP contribution in [-0.2, 0) is 10.0 Å². The molecule has 1 aliphatic heterocycles. The van der Waals surface area contributed by atoms with Gasteiger partial charge in [-0.1, -0.05) is 23.7 Å². The van der Waals surface area contributed by atoms with E-state index < -0.39 is 10.0 Å². The Balaban J connectivity index is 1.18. The third-order valence-corrected chi connectivity index (χ3v) is 9.04. The van der Waals surface area contributed by atoms with Gasteiger partial charge in [-0.15, -0.1) is 11.3 Å². The Hall–Kier alpha value is -1.23. The van der Waals surface area contributed by atoms with E-state index in [0.29, 0.717) is 10.9 Å². The van der Waals surface area contributed by atoms with Gasteiger partial charge in [0.2, 0.25) is 10.0 Å². The van der Waals surface area contributed by atoms with Gasteiger partial charge in [-0.2, -0.15) is 4.37 Å². The molecular weight excluding hydrogens is 448 g/mol. The van der Waals surface area contributed by atoms with Crippen LogP contribution in [0.4, 0.5) is 5.82 Å². The number of nitrogens with one attached hydrogen (secondary N) is 1. The molecule has 1 saturated heterocycles. The summed E-state index contributed by atoms with van der Waals surface area (Å²) in [5, 5.41) is 1.24. The Morgan fingerprint density at radius 3 is 2.62 bits per heavy atom. The number of piperazine rings is 1. The van der Waals surface area contributed by atoms with Crippen LogP contribution in [0.3, 0.4) is 0 Å². The minimum Gasteiger partial charge on any atom is -0.353 e. The largest absolute Gasteiger partial charge is 0.353 e. The van der Waals surface area contributed by atoms with Crippen LogP contribution in [0.15, 0.2) is 40.6 Å². The fourth-order valence-electron chi connectivity index (χ4n) is 3.46. The van der Waals surface area contributed by atoms with E-state index in [9.17, 15) is 8.42 Å². The van der Waals surface area contributed by atoms with Crippen LogP contribution in [0.2, 0.25) is 4.34 Å². The van der Waals surface area contributed by atoms with Gasteiger partial charge in [0.15, 0.2) is 0 Å². The maximum absolute atomic E-state index is 12.2. The maximum Gasteiger partial charge on any atom is 0.250 e. The predicted molar refractivity (Wildman–Crippen MR) is 122 cm³/mol. The molecule has 0 saturated carbocycles. The van der Waals surface area contributed by atoms with Crippen molar-refractivity contribution in [2.75, 3.05) is 44.2 Å². The smallest absolute Gasteiger partial charge is 0.250 e. The number of nitrogens with zero attached hydrogens (tertiary/aromatic N) is 3. The predicted octanol–water partition coefficient (Wildman–Crippen LogP) is 3.89. The molecule has 0 spiro atoms. The molecule has 2 aromatic heterocycles. The van der Waals surface area contributed by atoms with E-state index >= 15 is 0 Å². The second-order valence-electron chi connectivity index (χ2n) is 6.99. The average molecular weight is 471 g/mol. The van der Waals surface area contributed by atoms with Crippen LogP contribution in [-0.4, -0.2) is 57.0 Å². The minimum atomic E-state index is -3.44. The topological polar surface area (TPSA) is 65.5 Å². The quantitative estimate of drug-likeness (QED) is 0.506. The third kappa shape index (κ3) is 5.10. The first-order valence-corrected chi connectivity index (χ1v) is 13.0. The lowest BCUT2D eigenvalue weighted by Gasteiger charge is -2.35. The van der Waals surface area contributed by atoms with Crippen molar-refractivity contribution in [3.05, 3.63) is 40.7 Å². The van der Waals surface area contributed by atoms with Crippen molar-refractivity contribution in [3.63, 3.8) is 0 Å². The SMILES string of the molecule is O=S(=O)(NCCCCN1CCN(c2nsc3ccccc23)CC1)c1ccc(Cl)s1. The number of sulfonamides is 1. The molecule has 0 radical (unpaired) electrons. The third-order valence-electron chi connectivity index (χ3n) is 5.04. The highest BCUT2D eigenvalue weighted by Gasteiger charge is 2.20. The fraction of sp³-hybridized carbons (Fsp3) is 0.421. The molecule has 6 nitrogen and oxygen atoms in total. The highest BCUT2D eigenvalue weighted by molar-refractivity contribution is 7.91. The lowest BCUT2D eigenvalue weighted by Crippen LogP contribution is -2.46. The van der Waals surface area contributed by atoms with Crippen LogP contribution in [0, 0.1) is 0 Å². The molecule has 1 aliphatic rings. The number of unbranched alkanes of at least 4 members (excludes halogenated alkanes) is 1. The van der Waals surface area contributed by atoms with E-state index in [4.69, 9.17) is 11.6 Å². The summed E-state index contributed by atoms with van der Waals surface area (Å²) in [5.74, 6) is 1.10. The summed E-state index contributed by atoms with van der Waals surface area (Å²) in [5.41, 5.74) is 0. The number of thiophene rings is 1. The van der Waals surface area contributed by atoms with Crippen LogP contribution in [0.1, 0.15) is 12.8 Å². The standard InChI is InChI=1S/C19H23ClN4O2S3/c20-17-7-8-18(27-17)29(25,26)21-9-3-4-10-23-11-13-24(14-12-23)19-15-5-1-2-6-16(15)28-22-19/h1-2,5-8,21H,3-4,9-14H2. The molecule has 4 rings (SSSR count). The summed E-state index contributed by atoms with van der Waals surface area (Å²) >= 11 is 8.46. The van der Waals surface area contributed by atoms with Crippen molar-refractivity contribution in [2.45, 2.75) is 17.1 Å². The van der Waals surface area contributed by atoms with E-state index in [1.165, 1.54) is 10.1 Å². The molecule has 3 aromatic rings. The number of rotatable bonds is 8. The van der Waals surface area contributed by atoms with E-state index in [-0.39, 0.29) is 4.21 Å². The van der Waals surface area contributed by atoms with Gasteiger partial charge in [0.25, 0.3) is 0 Å². The van der Waals surface area contributed by atoms with Gasteiger partial charge >= 0.3 is 0 Å². The normalized spacial score (nSPS) is 16.0. The van der Waals surface area contributed by atoms with E-state index in [2.05, 4.69) is 43.2 Å². The summed E-state index contributed by atoms with van der Waals surface area (Å²) in [7, 11) is -3.44. The number of hydrogen-bond donors (Lipinski definition) is 1. The van der Waals surface area contributed by atoms with Gasteiger partial charge in [0.1, 0.15) is 10.0 Å². The van der Waals surface area contributed by atoms with Crippen LogP contribution < -0.4 is 9.62 Å². The number of halogens is 1. The maximum atomic E-state index is 12.2. The van der Waals surface area contributed by atoms with Crippen molar-refractivity contribution >= 4 is 60.4 Å². The lowest BCUT2D eigenvalue weighted by atomic mass is 10.2. The zero-order valence-corrected chi connectivity index (χ0v) is 19.1. The Bertz CT molecular complexity index is 1060. The van der Waals surface area contributed by atoms with Crippen molar-refractivity contribution in [3.8, 4) is 0 Å². The van der Waals surface area contributed by atoms with E-state index in [1.807, 2.05) is 0 Å². The molecule has 0 atom stereocenters. The highest BCUT2D eigenvalue weighted by Crippen LogP contribution is 2.30. The lowest BCUT2D eigenvalue weighted by molar-refractivity contribution is 0.253. The monoisotopic (exact) mass is 470 g/mol. The van der Waals surface area contributed by atoms with Crippen molar-refractivity contribution < 1.29 is 8.42 Å². The van der Waals surface area contributed by atoms with Gasteiger partial charge in [0, 0.05) is 38.1 Å². The molecule has 0 aliphatic carbocycles. The molecule has 29 heavy (non-hydrogen) atoms. The molecule has 1 fully saturated rings. The van der Waals surface area contributed by atoms with Gasteiger partial charge in [-0.3, -0.25) is 4.90 Å². The number of benzene rings is 1. The number of fused-ring (bicyclic) bond motifs is 1. The molecule has 0 bridgehead atoms. The Kier molecular flexibility index (Phi) is 6.73. The van der Waals surface area contributed by atoms with Crippen LogP contribution in [0.5, 0.6) is 0 Å². The van der Waals surface area contributed by atoms with E-state index in [1.54, 1.807) is 23.7 Å². The van der Waals surface area contributed by atoms with E-state index in [0.717, 1.165) is 62.7 Å². The summed E-state index contributed by atoms with van der Waals surface area (Å²) < 4.78 is 33.6. The first kappa shape index (κ1) is 21.0. The first-order valence-electron chi connectivity index (χ1n) is 9.60. The molecule has 10 heteroatoms. The Labute approximate surface area is 184 Å². The fourth-order valence-corrected chi connectivity index (χ4v) is 6.86. The summed E-state index contributed by atoms with van der Waals surface area (Å²) in [4.78, 5) is 4.81. The second-order valence-corrected chi connectivity index (χ2v) is 11.5. The van der Waals surface area contributed by atoms with Crippen LogP contribution in [0.25, 0.3) is 10.1 Å². The Morgan fingerprint density at radius 1 is 1.07 bits per heavy atom. The molecule has 156 valence electrons. The molecule has 1 aromatic carbocycles. The molecule has 0 unspecified atom stereocenters. The minimum absolute atomic E-state index is 0.271. The van der Waals surface area contributed by atoms with Gasteiger partial charge < -0.3 is 4.90 Å². The number of aromatic nitrogens is 1. The molecular formula is C19H23ClN4O2S3. The van der Waals surface area contributed by atoms with Gasteiger partial charge in [-0.25, -0.2) is 13.1 Å². The summed E-state index contributed by atoms with van der Waals surface area (Å²) in [6, 6.07) is 11.5. The van der Waals surface area contributed by atoms with Gasteiger partial charge in [0.05, 0.1) is 9.04 Å². The van der Waals surface area contributed by atoms with Crippen molar-refractivity contribution in [1.82, 2.24) is 14.0 Å². The molecule has 1 N–H and O–H groups in total. The van der Waals surface area contributed by atoms with Crippen molar-refractivity contribution in [1.29, 1.82) is 0 Å². The zero-order valence-electron chi connectivity index (χ0n) is 15.9. The first-order chi connectivity index (χ1) is 14.0. The zero-order chi connectivity index (χ0) is 20.3. The van der Waals surface area contributed by atoms with Crippen molar-refractivity contribution in [2.24, 2.45) is 0 Å². The number of hydrogen-bond acceptors (Lipinski definition) is 7. The molecule has 0 amide bonds. The van der Waals surface area contributed by atoms with Crippen LogP contribution >= 0.6 is 34.5 Å². The number of anilines is 1. The average Bonchev–Trinajstić information content (AvgIpc) is 3.35. The second kappa shape index (κ2) is 9.28.